The number of fused-ring (bicyclic) bond motifs is 2. The average Bonchev–Trinajstić information content (AvgIpc) is 2.49. The molecule has 136 valence electrons. The van der Waals surface area contributed by atoms with Crippen molar-refractivity contribution < 1.29 is 75.3 Å². The minimum atomic E-state index is -4.89. The number of aromatic hydroxyl groups is 2. The smallest absolute Gasteiger partial charge is 0.506 e. The zero-order valence-electron chi connectivity index (χ0n) is 13.4. The van der Waals surface area contributed by atoms with E-state index < -0.39 is 75.3 Å². The van der Waals surface area contributed by atoms with Crippen LogP contribution >= 0.6 is 0 Å². The van der Waals surface area contributed by atoms with Gasteiger partial charge in [-0.25, -0.2) is 0 Å². The number of hydrogen-bond acceptors (Lipinski definition) is 8. The zero-order chi connectivity index (χ0) is 19.6. The fourth-order valence-corrected chi connectivity index (χ4v) is 3.84. The van der Waals surface area contributed by atoms with Gasteiger partial charge in [-0.15, -0.1) is 0 Å². The first-order chi connectivity index (χ1) is 11.9. The molecule has 2 aromatic rings. The summed E-state index contributed by atoms with van der Waals surface area (Å²) in [6, 6.07) is 2.98. The molecule has 0 unspecified atom stereocenters. The van der Waals surface area contributed by atoms with E-state index in [0.29, 0.717) is 12.1 Å². The van der Waals surface area contributed by atoms with E-state index in [9.17, 15) is 36.6 Å². The normalized spacial score (nSPS) is 13.6. The van der Waals surface area contributed by atoms with Crippen LogP contribution < -0.4 is 29.6 Å². The van der Waals surface area contributed by atoms with Crippen LogP contribution in [0, 0.1) is 0 Å². The molecule has 1 aliphatic carbocycles. The standard InChI is InChI=1S/C14H8O10S2.Na/c15-11-5-1-3-7(25(19,20)21)13(17)9(5)12(16)6-2-4-8(26(22,23)24)14(18)10(6)11;/h1-4,17-18H,(H,19,20,21)(H,22,23,24);/q;+1. The summed E-state index contributed by atoms with van der Waals surface area (Å²) < 4.78 is 63.1. The van der Waals surface area contributed by atoms with Crippen LogP contribution in [0.3, 0.4) is 0 Å². The Morgan fingerprint density at radius 1 is 0.630 bits per heavy atom. The van der Waals surface area contributed by atoms with Gasteiger partial charge in [-0.2, -0.15) is 16.8 Å². The van der Waals surface area contributed by atoms with Gasteiger partial charge in [0.05, 0.1) is 11.1 Å². The van der Waals surface area contributed by atoms with E-state index in [1.54, 1.807) is 0 Å². The Hall–Kier alpha value is -1.80. The Morgan fingerprint density at radius 2 is 0.926 bits per heavy atom. The summed E-state index contributed by atoms with van der Waals surface area (Å²) in [4.78, 5) is 23.1. The molecule has 4 N–H and O–H groups in total. The second kappa shape index (κ2) is 6.67. The van der Waals surface area contributed by atoms with Crippen molar-refractivity contribution in [3.8, 4) is 11.5 Å². The van der Waals surface area contributed by atoms with Gasteiger partial charge in [0.2, 0.25) is 0 Å². The van der Waals surface area contributed by atoms with Crippen LogP contribution in [0.1, 0.15) is 31.8 Å². The summed E-state index contributed by atoms with van der Waals surface area (Å²) in [6.07, 6.45) is 0. The van der Waals surface area contributed by atoms with E-state index in [-0.39, 0.29) is 29.6 Å². The first-order valence-electron chi connectivity index (χ1n) is 6.62. The molecule has 2 aromatic carbocycles. The summed E-state index contributed by atoms with van der Waals surface area (Å²) >= 11 is 0. The molecule has 27 heavy (non-hydrogen) atoms. The molecule has 0 aromatic heterocycles. The second-order valence-corrected chi connectivity index (χ2v) is 8.06. The maximum Gasteiger partial charge on any atom is 1.00 e. The van der Waals surface area contributed by atoms with Crippen LogP contribution in [0.2, 0.25) is 0 Å². The van der Waals surface area contributed by atoms with Gasteiger partial charge in [0, 0.05) is 11.1 Å². The topological polar surface area (TPSA) is 183 Å². The first-order valence-corrected chi connectivity index (χ1v) is 9.50. The van der Waals surface area contributed by atoms with Crippen LogP contribution in [-0.2, 0) is 20.2 Å². The quantitative estimate of drug-likeness (QED) is 0.251. The molecular weight excluding hydrogens is 415 g/mol. The van der Waals surface area contributed by atoms with E-state index in [2.05, 4.69) is 0 Å². The molecule has 0 spiro atoms. The largest absolute Gasteiger partial charge is 1.00 e. The molecule has 0 bridgehead atoms. The third-order valence-electron chi connectivity index (χ3n) is 3.78. The summed E-state index contributed by atoms with van der Waals surface area (Å²) in [5.74, 6) is -4.50. The van der Waals surface area contributed by atoms with E-state index >= 15 is 0 Å². The van der Waals surface area contributed by atoms with Crippen LogP contribution in [0.15, 0.2) is 34.1 Å². The SMILES string of the molecule is O=C1c2ccc(S(=O)(=O)O)c(O)c2C(=O)c2ccc(S(=O)(=O)O)c(O)c21.[Na+]. The minimum absolute atomic E-state index is 0. The number of phenols is 2. The van der Waals surface area contributed by atoms with Crippen LogP contribution in [0.25, 0.3) is 0 Å². The fraction of sp³-hybridized carbons (Fsp3) is 0. The van der Waals surface area contributed by atoms with Gasteiger partial charge in [-0.05, 0) is 24.3 Å². The van der Waals surface area contributed by atoms with Crippen molar-refractivity contribution in [3.63, 3.8) is 0 Å². The fourth-order valence-electron chi connectivity index (χ4n) is 2.67. The molecule has 0 radical (unpaired) electrons. The van der Waals surface area contributed by atoms with Crippen LogP contribution in [-0.4, -0.2) is 47.7 Å². The second-order valence-electron chi connectivity index (χ2n) is 5.28. The van der Waals surface area contributed by atoms with Gasteiger partial charge < -0.3 is 10.2 Å². The minimum Gasteiger partial charge on any atom is -0.506 e. The molecule has 0 heterocycles. The first kappa shape index (κ1) is 21.5. The predicted octanol–water partition coefficient (Wildman–Crippen LogP) is -2.63. The van der Waals surface area contributed by atoms with Crippen molar-refractivity contribution in [2.24, 2.45) is 0 Å². The summed E-state index contributed by atoms with van der Waals surface area (Å²) in [5.41, 5.74) is -2.49. The van der Waals surface area contributed by atoms with Gasteiger partial charge in [0.15, 0.2) is 11.6 Å². The molecule has 10 nitrogen and oxygen atoms in total. The number of phenolic OH excluding ortho intramolecular Hbond substituents is 2. The number of rotatable bonds is 2. The molecule has 1 aliphatic rings. The number of carbonyl (C=O) groups excluding carboxylic acids is 2. The Kier molecular flexibility index (Phi) is 5.31. The predicted molar refractivity (Wildman–Crippen MR) is 82.7 cm³/mol. The molecule has 13 heteroatoms. The third-order valence-corrected chi connectivity index (χ3v) is 5.55. The van der Waals surface area contributed by atoms with Crippen LogP contribution in [0.4, 0.5) is 0 Å². The Balaban J connectivity index is 0.00000261. The molecule has 0 aliphatic heterocycles. The molecule has 0 fully saturated rings. The van der Waals surface area contributed by atoms with Gasteiger partial charge >= 0.3 is 29.6 Å². The van der Waals surface area contributed by atoms with Gasteiger partial charge in [-0.3, -0.25) is 18.7 Å². The summed E-state index contributed by atoms with van der Waals surface area (Å²) in [7, 11) is -9.79. The molecule has 0 amide bonds. The van der Waals surface area contributed by atoms with Crippen molar-refractivity contribution in [2.75, 3.05) is 0 Å². The molecule has 3 rings (SSSR count). The Labute approximate surface area is 174 Å². The Bertz CT molecular complexity index is 1130. The summed E-state index contributed by atoms with van der Waals surface area (Å²) in [5, 5.41) is 20.1. The van der Waals surface area contributed by atoms with Crippen LogP contribution in [0.5, 0.6) is 11.5 Å². The number of ketones is 2. The number of hydrogen-bond donors (Lipinski definition) is 4. The average molecular weight is 423 g/mol. The monoisotopic (exact) mass is 423 g/mol. The van der Waals surface area contributed by atoms with Gasteiger partial charge in [0.25, 0.3) is 20.2 Å². The van der Waals surface area contributed by atoms with Gasteiger partial charge in [-0.1, -0.05) is 0 Å². The third kappa shape index (κ3) is 3.29. The van der Waals surface area contributed by atoms with E-state index in [4.69, 9.17) is 9.11 Å². The van der Waals surface area contributed by atoms with E-state index in [1.165, 1.54) is 0 Å². The van der Waals surface area contributed by atoms with Crippen molar-refractivity contribution in [2.45, 2.75) is 9.79 Å². The number of benzene rings is 2. The van der Waals surface area contributed by atoms with Crippen molar-refractivity contribution in [3.05, 3.63) is 46.5 Å². The van der Waals surface area contributed by atoms with E-state index in [1.807, 2.05) is 0 Å². The maximum atomic E-state index is 12.6. The zero-order valence-corrected chi connectivity index (χ0v) is 17.0. The maximum absolute atomic E-state index is 12.6. The van der Waals surface area contributed by atoms with Crippen molar-refractivity contribution in [1.82, 2.24) is 0 Å². The molecule has 0 saturated heterocycles. The molecule has 0 atom stereocenters. The Morgan fingerprint density at radius 3 is 1.19 bits per heavy atom. The summed E-state index contributed by atoms with van der Waals surface area (Å²) in [6.45, 7) is 0. The van der Waals surface area contributed by atoms with Crippen molar-refractivity contribution >= 4 is 31.8 Å². The molecule has 0 saturated carbocycles. The van der Waals surface area contributed by atoms with Gasteiger partial charge in [0.1, 0.15) is 21.3 Å². The number of carbonyl (C=O) groups is 2. The molecular formula is C14H8NaO10S2+. The van der Waals surface area contributed by atoms with Crippen molar-refractivity contribution in [1.29, 1.82) is 0 Å². The van der Waals surface area contributed by atoms with E-state index in [0.717, 1.165) is 12.1 Å².